The second kappa shape index (κ2) is 5.66. The first-order chi connectivity index (χ1) is 7.13. The van der Waals surface area contributed by atoms with E-state index in [0.29, 0.717) is 5.75 Å². The Balaban J connectivity index is 2.80. The van der Waals surface area contributed by atoms with Crippen LogP contribution >= 0.6 is 12.6 Å². The lowest BCUT2D eigenvalue weighted by Crippen LogP contribution is -2.10. The maximum absolute atomic E-state index is 10.4. The number of rotatable bonds is 5. The Morgan fingerprint density at radius 2 is 2.27 bits per heavy atom. The zero-order chi connectivity index (χ0) is 11.3. The number of carbonyl (C=O) groups is 1. The van der Waals surface area contributed by atoms with Crippen LogP contribution in [-0.2, 0) is 11.2 Å². The monoisotopic (exact) mass is 226 g/mol. The van der Waals surface area contributed by atoms with E-state index in [2.05, 4.69) is 19.6 Å². The van der Waals surface area contributed by atoms with E-state index in [4.69, 9.17) is 9.84 Å². The molecule has 1 aromatic carbocycles. The van der Waals surface area contributed by atoms with E-state index in [0.717, 1.165) is 23.3 Å². The first kappa shape index (κ1) is 11.9. The fourth-order valence-electron chi connectivity index (χ4n) is 1.31. The summed E-state index contributed by atoms with van der Waals surface area (Å²) in [5.74, 6) is -0.329. The maximum Gasteiger partial charge on any atom is 0.341 e. The number of carboxylic acids is 1. The molecular weight excluding hydrogens is 212 g/mol. The summed E-state index contributed by atoms with van der Waals surface area (Å²) in [6, 6.07) is 5.46. The van der Waals surface area contributed by atoms with Gasteiger partial charge in [-0.15, -0.1) is 12.6 Å². The van der Waals surface area contributed by atoms with Gasteiger partial charge in [-0.25, -0.2) is 4.79 Å². The van der Waals surface area contributed by atoms with Crippen LogP contribution in [0.4, 0.5) is 0 Å². The van der Waals surface area contributed by atoms with Crippen molar-refractivity contribution in [1.82, 2.24) is 0 Å². The number of ether oxygens (including phenoxy) is 1. The van der Waals surface area contributed by atoms with E-state index in [-0.39, 0.29) is 6.61 Å². The third kappa shape index (κ3) is 3.83. The molecule has 0 aliphatic carbocycles. The predicted molar refractivity (Wildman–Crippen MR) is 60.8 cm³/mol. The van der Waals surface area contributed by atoms with E-state index < -0.39 is 5.97 Å². The standard InChI is InChI=1S/C11H14O3S/c1-2-3-8-6-9(15)4-5-10(8)14-7-11(12)13/h4-6,15H,2-3,7H2,1H3,(H,12,13). The Morgan fingerprint density at radius 3 is 2.87 bits per heavy atom. The minimum absolute atomic E-state index is 0.303. The number of benzene rings is 1. The highest BCUT2D eigenvalue weighted by Gasteiger charge is 2.05. The Hall–Kier alpha value is -1.16. The molecule has 0 unspecified atom stereocenters. The minimum Gasteiger partial charge on any atom is -0.482 e. The Kier molecular flexibility index (Phi) is 4.49. The Labute approximate surface area is 94.5 Å². The lowest BCUT2D eigenvalue weighted by atomic mass is 10.1. The van der Waals surface area contributed by atoms with Gasteiger partial charge in [-0.1, -0.05) is 13.3 Å². The van der Waals surface area contributed by atoms with Crippen LogP contribution in [-0.4, -0.2) is 17.7 Å². The van der Waals surface area contributed by atoms with Crippen molar-refractivity contribution in [2.75, 3.05) is 6.61 Å². The first-order valence-corrected chi connectivity index (χ1v) is 5.24. The van der Waals surface area contributed by atoms with Crippen molar-refractivity contribution in [2.45, 2.75) is 24.7 Å². The number of carboxylic acid groups (broad SMARTS) is 1. The van der Waals surface area contributed by atoms with E-state index in [1.54, 1.807) is 12.1 Å². The third-order valence-electron chi connectivity index (χ3n) is 1.91. The van der Waals surface area contributed by atoms with Gasteiger partial charge >= 0.3 is 5.97 Å². The largest absolute Gasteiger partial charge is 0.482 e. The first-order valence-electron chi connectivity index (χ1n) is 4.80. The summed E-state index contributed by atoms with van der Waals surface area (Å²) in [6.45, 7) is 1.76. The van der Waals surface area contributed by atoms with Crippen LogP contribution in [0.25, 0.3) is 0 Å². The molecule has 1 rings (SSSR count). The fourth-order valence-corrected chi connectivity index (χ4v) is 1.54. The van der Waals surface area contributed by atoms with Crippen molar-refractivity contribution in [2.24, 2.45) is 0 Å². The van der Waals surface area contributed by atoms with Crippen molar-refractivity contribution in [3.63, 3.8) is 0 Å². The van der Waals surface area contributed by atoms with Crippen LogP contribution in [0.3, 0.4) is 0 Å². The molecular formula is C11H14O3S. The lowest BCUT2D eigenvalue weighted by Gasteiger charge is -2.09. The summed E-state index contributed by atoms with van der Waals surface area (Å²) in [5.41, 5.74) is 1.01. The van der Waals surface area contributed by atoms with Gasteiger partial charge in [0.05, 0.1) is 0 Å². The van der Waals surface area contributed by atoms with E-state index >= 15 is 0 Å². The van der Waals surface area contributed by atoms with Crippen molar-refractivity contribution >= 4 is 18.6 Å². The third-order valence-corrected chi connectivity index (χ3v) is 2.19. The summed E-state index contributed by atoms with van der Waals surface area (Å²) in [5, 5.41) is 8.51. The number of hydrogen-bond acceptors (Lipinski definition) is 3. The molecule has 0 aromatic heterocycles. The van der Waals surface area contributed by atoms with E-state index in [9.17, 15) is 4.79 Å². The van der Waals surface area contributed by atoms with Crippen molar-refractivity contribution in [1.29, 1.82) is 0 Å². The van der Waals surface area contributed by atoms with Crippen molar-refractivity contribution in [3.8, 4) is 5.75 Å². The SMILES string of the molecule is CCCc1cc(S)ccc1OCC(=O)O. The van der Waals surface area contributed by atoms with Crippen molar-refractivity contribution < 1.29 is 14.6 Å². The molecule has 4 heteroatoms. The molecule has 0 fully saturated rings. The molecule has 82 valence electrons. The molecule has 1 N–H and O–H groups in total. The quantitative estimate of drug-likeness (QED) is 0.758. The van der Waals surface area contributed by atoms with Gasteiger partial charge < -0.3 is 9.84 Å². The normalized spacial score (nSPS) is 10.0. The Bertz CT molecular complexity index is 350. The molecule has 0 aliphatic heterocycles. The predicted octanol–water partition coefficient (Wildman–Crippen LogP) is 2.39. The second-order valence-corrected chi connectivity index (χ2v) is 3.74. The average molecular weight is 226 g/mol. The molecule has 0 saturated heterocycles. The van der Waals surface area contributed by atoms with Crippen molar-refractivity contribution in [3.05, 3.63) is 23.8 Å². The average Bonchev–Trinajstić information content (AvgIpc) is 2.17. The minimum atomic E-state index is -0.965. The zero-order valence-corrected chi connectivity index (χ0v) is 9.46. The van der Waals surface area contributed by atoms with Gasteiger partial charge in [-0.2, -0.15) is 0 Å². The number of aryl methyl sites for hydroxylation is 1. The van der Waals surface area contributed by atoms with Crippen LogP contribution in [0, 0.1) is 0 Å². The number of thiol groups is 1. The van der Waals surface area contributed by atoms with Crippen LogP contribution < -0.4 is 4.74 Å². The topological polar surface area (TPSA) is 46.5 Å². The molecule has 0 bridgehead atoms. The van der Waals surface area contributed by atoms with Gasteiger partial charge in [0.1, 0.15) is 5.75 Å². The summed E-state index contributed by atoms with van der Waals surface area (Å²) in [7, 11) is 0. The molecule has 3 nitrogen and oxygen atoms in total. The summed E-state index contributed by atoms with van der Waals surface area (Å²) >= 11 is 4.23. The summed E-state index contributed by atoms with van der Waals surface area (Å²) in [4.78, 5) is 11.2. The molecule has 0 atom stereocenters. The molecule has 0 aliphatic rings. The van der Waals surface area contributed by atoms with Gasteiger partial charge in [0.25, 0.3) is 0 Å². The highest BCUT2D eigenvalue weighted by atomic mass is 32.1. The van der Waals surface area contributed by atoms with Crippen LogP contribution in [0.2, 0.25) is 0 Å². The van der Waals surface area contributed by atoms with Gasteiger partial charge in [0.2, 0.25) is 0 Å². The molecule has 1 aromatic rings. The van der Waals surface area contributed by atoms with Crippen LogP contribution in [0.5, 0.6) is 5.75 Å². The highest BCUT2D eigenvalue weighted by Crippen LogP contribution is 2.23. The van der Waals surface area contributed by atoms with E-state index in [1.165, 1.54) is 0 Å². The molecule has 0 amide bonds. The number of hydrogen-bond donors (Lipinski definition) is 2. The Morgan fingerprint density at radius 1 is 1.53 bits per heavy atom. The van der Waals surface area contributed by atoms with Crippen LogP contribution in [0.15, 0.2) is 23.1 Å². The molecule has 15 heavy (non-hydrogen) atoms. The zero-order valence-electron chi connectivity index (χ0n) is 8.56. The van der Waals surface area contributed by atoms with Crippen LogP contribution in [0.1, 0.15) is 18.9 Å². The molecule has 0 saturated carbocycles. The van der Waals surface area contributed by atoms with Gasteiger partial charge in [0, 0.05) is 4.90 Å². The molecule has 0 radical (unpaired) electrons. The van der Waals surface area contributed by atoms with Gasteiger partial charge in [-0.3, -0.25) is 0 Å². The maximum atomic E-state index is 10.4. The second-order valence-electron chi connectivity index (χ2n) is 3.22. The van der Waals surface area contributed by atoms with Gasteiger partial charge in [-0.05, 0) is 30.2 Å². The fraction of sp³-hybridized carbons (Fsp3) is 0.364. The summed E-state index contributed by atoms with van der Waals surface area (Å²) in [6.07, 6.45) is 1.85. The number of aliphatic carboxylic acids is 1. The van der Waals surface area contributed by atoms with E-state index in [1.807, 2.05) is 6.07 Å². The summed E-state index contributed by atoms with van der Waals surface area (Å²) < 4.78 is 5.17. The molecule has 0 heterocycles. The molecule has 0 spiro atoms. The lowest BCUT2D eigenvalue weighted by molar-refractivity contribution is -0.139. The smallest absolute Gasteiger partial charge is 0.341 e. The highest BCUT2D eigenvalue weighted by molar-refractivity contribution is 7.80. The van der Waals surface area contributed by atoms with Gasteiger partial charge in [0.15, 0.2) is 6.61 Å².